The number of aromatic amines is 1. The van der Waals surface area contributed by atoms with Crippen LogP contribution in [0.5, 0.6) is 0 Å². The van der Waals surface area contributed by atoms with Crippen LogP contribution in [0.1, 0.15) is 28.0 Å². The summed E-state index contributed by atoms with van der Waals surface area (Å²) < 4.78 is 0. The van der Waals surface area contributed by atoms with Crippen LogP contribution in [0, 0.1) is 0 Å². The highest BCUT2D eigenvalue weighted by atomic mass is 35.5. The van der Waals surface area contributed by atoms with E-state index in [1.165, 1.54) is 4.90 Å². The van der Waals surface area contributed by atoms with Crippen molar-refractivity contribution in [2.24, 2.45) is 5.73 Å². The first-order valence-electron chi connectivity index (χ1n) is 8.79. The standard InChI is InChI=1S/C21H20ClN3O4/c1-25(2)20(29)21(11-16(23)26,12-6-4-3-5-7-12)17-14-10-13(22)8-9-15(14)24-18(17)19(27)28/h3-10,24H,11H2,1-2H3,(H2,23,26)(H,27,28). The third-order valence-corrected chi connectivity index (χ3v) is 5.11. The number of carbonyl (C=O) groups excluding carboxylic acids is 2. The number of amides is 2. The molecule has 8 heteroatoms. The van der Waals surface area contributed by atoms with Crippen molar-refractivity contribution in [1.82, 2.24) is 9.88 Å². The number of fused-ring (bicyclic) bond motifs is 1. The van der Waals surface area contributed by atoms with E-state index >= 15 is 0 Å². The highest BCUT2D eigenvalue weighted by molar-refractivity contribution is 6.31. The quantitative estimate of drug-likeness (QED) is 0.576. The summed E-state index contributed by atoms with van der Waals surface area (Å²) in [6.45, 7) is 0. The SMILES string of the molecule is CN(C)C(=O)C(CC(N)=O)(c1ccccc1)c1c(C(=O)O)[nH]c2ccc(Cl)cc12. The second-order valence-electron chi connectivity index (χ2n) is 6.98. The topological polar surface area (TPSA) is 116 Å². The van der Waals surface area contributed by atoms with Crippen molar-refractivity contribution in [2.75, 3.05) is 14.1 Å². The van der Waals surface area contributed by atoms with E-state index in [-0.39, 0.29) is 11.3 Å². The van der Waals surface area contributed by atoms with Gasteiger partial charge in [-0.1, -0.05) is 41.9 Å². The molecule has 0 saturated carbocycles. The van der Waals surface area contributed by atoms with E-state index in [0.29, 0.717) is 21.5 Å². The number of hydrogen-bond acceptors (Lipinski definition) is 3. The Kier molecular flexibility index (Phi) is 5.35. The van der Waals surface area contributed by atoms with Crippen molar-refractivity contribution >= 4 is 40.3 Å². The van der Waals surface area contributed by atoms with Crippen molar-refractivity contribution in [3.63, 3.8) is 0 Å². The zero-order chi connectivity index (χ0) is 21.3. The fourth-order valence-corrected chi connectivity index (χ4v) is 3.95. The first-order valence-corrected chi connectivity index (χ1v) is 9.17. The number of carbonyl (C=O) groups is 3. The number of H-pyrrole nitrogens is 1. The van der Waals surface area contributed by atoms with E-state index in [4.69, 9.17) is 17.3 Å². The maximum Gasteiger partial charge on any atom is 0.352 e. The Hall–Kier alpha value is -3.32. The van der Waals surface area contributed by atoms with E-state index in [1.54, 1.807) is 62.6 Å². The van der Waals surface area contributed by atoms with Crippen LogP contribution in [-0.4, -0.2) is 46.9 Å². The first kappa shape index (κ1) is 20.4. The molecule has 0 aliphatic heterocycles. The molecule has 0 fully saturated rings. The van der Waals surface area contributed by atoms with Crippen molar-refractivity contribution in [3.8, 4) is 0 Å². The Labute approximate surface area is 172 Å². The maximum absolute atomic E-state index is 13.6. The molecule has 1 aromatic heterocycles. The Morgan fingerprint density at radius 2 is 1.79 bits per heavy atom. The number of aromatic carboxylic acids is 1. The normalized spacial score (nSPS) is 13.1. The number of carboxylic acids is 1. The molecular formula is C21H20ClN3O4. The minimum Gasteiger partial charge on any atom is -0.477 e. The van der Waals surface area contributed by atoms with Gasteiger partial charge in [0.15, 0.2) is 0 Å². The van der Waals surface area contributed by atoms with E-state index in [2.05, 4.69) is 4.98 Å². The number of rotatable bonds is 6. The highest BCUT2D eigenvalue weighted by Gasteiger charge is 2.48. The fourth-order valence-electron chi connectivity index (χ4n) is 3.77. The molecule has 4 N–H and O–H groups in total. The third kappa shape index (κ3) is 3.45. The van der Waals surface area contributed by atoms with Crippen molar-refractivity contribution in [2.45, 2.75) is 11.8 Å². The average Bonchev–Trinajstić information content (AvgIpc) is 3.05. The molecule has 0 spiro atoms. The van der Waals surface area contributed by atoms with Crippen LogP contribution in [-0.2, 0) is 15.0 Å². The van der Waals surface area contributed by atoms with Crippen LogP contribution < -0.4 is 5.73 Å². The van der Waals surface area contributed by atoms with Crippen molar-refractivity contribution < 1.29 is 19.5 Å². The molecule has 1 unspecified atom stereocenters. The predicted octanol–water partition coefficient (Wildman–Crippen LogP) is 2.77. The number of hydrogen-bond donors (Lipinski definition) is 3. The number of nitrogens with two attached hydrogens (primary N) is 1. The van der Waals surface area contributed by atoms with Gasteiger partial charge >= 0.3 is 5.97 Å². The number of halogens is 1. The summed E-state index contributed by atoms with van der Waals surface area (Å²) >= 11 is 6.18. The minimum atomic E-state index is -1.65. The highest BCUT2D eigenvalue weighted by Crippen LogP contribution is 2.43. The summed E-state index contributed by atoms with van der Waals surface area (Å²) in [6.07, 6.45) is -0.409. The zero-order valence-corrected chi connectivity index (χ0v) is 16.7. The average molecular weight is 414 g/mol. The van der Waals surface area contributed by atoms with Gasteiger partial charge < -0.3 is 20.7 Å². The van der Waals surface area contributed by atoms with Gasteiger partial charge in [0.25, 0.3) is 0 Å². The maximum atomic E-state index is 13.6. The second kappa shape index (κ2) is 7.60. The number of likely N-dealkylation sites (N-methyl/N-ethyl adjacent to an activating group) is 1. The van der Waals surface area contributed by atoms with Crippen LogP contribution in [0.2, 0.25) is 5.02 Å². The molecule has 0 aliphatic carbocycles. The molecule has 150 valence electrons. The summed E-state index contributed by atoms with van der Waals surface area (Å²) in [4.78, 5) is 42.0. The molecule has 0 aliphatic rings. The number of benzene rings is 2. The van der Waals surface area contributed by atoms with Gasteiger partial charge in [-0.3, -0.25) is 9.59 Å². The fraction of sp³-hybridized carbons (Fsp3) is 0.190. The van der Waals surface area contributed by atoms with Gasteiger partial charge in [-0.05, 0) is 23.8 Å². The largest absolute Gasteiger partial charge is 0.477 e. The first-order chi connectivity index (χ1) is 13.7. The Bertz CT molecular complexity index is 1110. The van der Waals surface area contributed by atoms with Gasteiger partial charge in [0.1, 0.15) is 11.1 Å². The number of nitrogens with zero attached hydrogens (tertiary/aromatic N) is 1. The monoisotopic (exact) mass is 413 g/mol. The molecule has 0 radical (unpaired) electrons. The van der Waals surface area contributed by atoms with Gasteiger partial charge in [-0.15, -0.1) is 0 Å². The third-order valence-electron chi connectivity index (χ3n) is 4.88. The summed E-state index contributed by atoms with van der Waals surface area (Å²) in [5.41, 5.74) is 4.83. The molecule has 0 saturated heterocycles. The Morgan fingerprint density at radius 1 is 1.14 bits per heavy atom. The summed E-state index contributed by atoms with van der Waals surface area (Å²) in [5.74, 6) is -2.47. The lowest BCUT2D eigenvalue weighted by Gasteiger charge is -2.35. The van der Waals surface area contributed by atoms with Gasteiger partial charge in [0, 0.05) is 42.0 Å². The Morgan fingerprint density at radius 3 is 2.34 bits per heavy atom. The molecule has 1 atom stereocenters. The van der Waals surface area contributed by atoms with Gasteiger partial charge in [0.2, 0.25) is 11.8 Å². The van der Waals surface area contributed by atoms with E-state index in [0.717, 1.165) is 0 Å². The van der Waals surface area contributed by atoms with Gasteiger partial charge in [-0.25, -0.2) is 4.79 Å². The lowest BCUT2D eigenvalue weighted by Crippen LogP contribution is -2.48. The van der Waals surface area contributed by atoms with Gasteiger partial charge in [0.05, 0.1) is 0 Å². The summed E-state index contributed by atoms with van der Waals surface area (Å²) in [7, 11) is 3.09. The molecule has 29 heavy (non-hydrogen) atoms. The van der Waals surface area contributed by atoms with E-state index in [9.17, 15) is 19.5 Å². The summed E-state index contributed by atoms with van der Waals surface area (Å²) in [5, 5.41) is 10.7. The Balaban J connectivity index is 2.55. The minimum absolute atomic E-state index is 0.159. The number of nitrogens with one attached hydrogen (secondary N) is 1. The van der Waals surface area contributed by atoms with Crippen LogP contribution in [0.4, 0.5) is 0 Å². The van der Waals surface area contributed by atoms with Crippen molar-refractivity contribution in [3.05, 3.63) is 70.4 Å². The predicted molar refractivity (Wildman–Crippen MR) is 110 cm³/mol. The number of carboxylic acid groups (broad SMARTS) is 1. The van der Waals surface area contributed by atoms with Crippen LogP contribution >= 0.6 is 11.6 Å². The molecule has 7 nitrogen and oxygen atoms in total. The molecule has 0 bridgehead atoms. The van der Waals surface area contributed by atoms with Crippen LogP contribution in [0.25, 0.3) is 10.9 Å². The van der Waals surface area contributed by atoms with Crippen molar-refractivity contribution in [1.29, 1.82) is 0 Å². The molecule has 3 aromatic rings. The molecule has 2 aromatic carbocycles. The molecule has 2 amide bonds. The molecule has 3 rings (SSSR count). The molecular weight excluding hydrogens is 394 g/mol. The van der Waals surface area contributed by atoms with Crippen LogP contribution in [0.3, 0.4) is 0 Å². The smallest absolute Gasteiger partial charge is 0.352 e. The lowest BCUT2D eigenvalue weighted by molar-refractivity contribution is -0.136. The van der Waals surface area contributed by atoms with E-state index in [1.807, 2.05) is 0 Å². The molecule has 1 heterocycles. The van der Waals surface area contributed by atoms with Gasteiger partial charge in [-0.2, -0.15) is 0 Å². The summed E-state index contributed by atoms with van der Waals surface area (Å²) in [6, 6.07) is 13.4. The van der Waals surface area contributed by atoms with Crippen LogP contribution in [0.15, 0.2) is 48.5 Å². The second-order valence-corrected chi connectivity index (χ2v) is 7.42. The zero-order valence-electron chi connectivity index (χ0n) is 15.9. The van der Waals surface area contributed by atoms with E-state index < -0.39 is 29.6 Å². The number of aromatic nitrogens is 1. The number of primary amides is 1. The lowest BCUT2D eigenvalue weighted by atomic mass is 9.69.